The van der Waals surface area contributed by atoms with Crippen molar-refractivity contribution in [2.45, 2.75) is 31.1 Å². The number of hydrogen-bond acceptors (Lipinski definition) is 3. The van der Waals surface area contributed by atoms with Gasteiger partial charge in [0, 0.05) is 25.5 Å². The van der Waals surface area contributed by atoms with Gasteiger partial charge in [-0.25, -0.2) is 8.42 Å². The Labute approximate surface area is 139 Å². The van der Waals surface area contributed by atoms with Gasteiger partial charge in [-0.05, 0) is 54.3 Å². The molecule has 0 bridgehead atoms. The SMILES string of the molecule is CCC(C)c1ccc(S(=O)(=O)Nc2ccc(N(C)C)cc2)cc1. The lowest BCUT2D eigenvalue weighted by molar-refractivity contribution is 0.601. The summed E-state index contributed by atoms with van der Waals surface area (Å²) in [6.45, 7) is 4.25. The minimum Gasteiger partial charge on any atom is -0.378 e. The van der Waals surface area contributed by atoms with Crippen LogP contribution in [0.25, 0.3) is 0 Å². The first-order valence-corrected chi connectivity index (χ1v) is 9.22. The Morgan fingerprint density at radius 3 is 2.04 bits per heavy atom. The fourth-order valence-electron chi connectivity index (χ4n) is 2.25. The maximum Gasteiger partial charge on any atom is 0.261 e. The molecule has 1 atom stereocenters. The van der Waals surface area contributed by atoms with E-state index in [9.17, 15) is 8.42 Å². The standard InChI is InChI=1S/C18H24N2O2S/c1-5-14(2)15-6-12-18(13-7-15)23(21,22)19-16-8-10-17(11-9-16)20(3)4/h6-14,19H,5H2,1-4H3. The van der Waals surface area contributed by atoms with Crippen LogP contribution in [0.1, 0.15) is 31.7 Å². The minimum absolute atomic E-state index is 0.279. The Balaban J connectivity index is 2.18. The van der Waals surface area contributed by atoms with E-state index in [2.05, 4.69) is 18.6 Å². The van der Waals surface area contributed by atoms with E-state index in [1.54, 1.807) is 24.3 Å². The molecule has 0 radical (unpaired) electrons. The van der Waals surface area contributed by atoms with E-state index in [4.69, 9.17) is 0 Å². The molecule has 0 amide bonds. The predicted octanol–water partition coefficient (Wildman–Crippen LogP) is 4.07. The maximum absolute atomic E-state index is 12.4. The van der Waals surface area contributed by atoms with Crippen LogP contribution in [0.15, 0.2) is 53.4 Å². The number of sulfonamides is 1. The first kappa shape index (κ1) is 17.3. The highest BCUT2D eigenvalue weighted by Gasteiger charge is 2.14. The van der Waals surface area contributed by atoms with Crippen LogP contribution in [-0.4, -0.2) is 22.5 Å². The molecule has 0 saturated carbocycles. The number of anilines is 2. The summed E-state index contributed by atoms with van der Waals surface area (Å²) in [6, 6.07) is 14.4. The topological polar surface area (TPSA) is 49.4 Å². The van der Waals surface area contributed by atoms with Crippen LogP contribution < -0.4 is 9.62 Å². The van der Waals surface area contributed by atoms with Gasteiger partial charge in [0.25, 0.3) is 10.0 Å². The van der Waals surface area contributed by atoms with Crippen molar-refractivity contribution in [3.63, 3.8) is 0 Å². The fraction of sp³-hybridized carbons (Fsp3) is 0.333. The number of nitrogens with zero attached hydrogens (tertiary/aromatic N) is 1. The van der Waals surface area contributed by atoms with Crippen molar-refractivity contribution >= 4 is 21.4 Å². The van der Waals surface area contributed by atoms with E-state index in [1.807, 2.05) is 43.3 Å². The number of rotatable bonds is 6. The third-order valence-electron chi connectivity index (χ3n) is 4.01. The molecule has 0 aliphatic carbocycles. The minimum atomic E-state index is -3.56. The molecular formula is C18H24N2O2S. The summed E-state index contributed by atoms with van der Waals surface area (Å²) < 4.78 is 27.5. The Hall–Kier alpha value is -2.01. The van der Waals surface area contributed by atoms with Crippen LogP contribution in [0.5, 0.6) is 0 Å². The summed E-state index contributed by atoms with van der Waals surface area (Å²) >= 11 is 0. The van der Waals surface area contributed by atoms with Gasteiger partial charge in [0.15, 0.2) is 0 Å². The van der Waals surface area contributed by atoms with E-state index < -0.39 is 10.0 Å². The van der Waals surface area contributed by atoms with Gasteiger partial charge in [-0.15, -0.1) is 0 Å². The smallest absolute Gasteiger partial charge is 0.261 e. The molecule has 2 rings (SSSR count). The third kappa shape index (κ3) is 4.26. The monoisotopic (exact) mass is 332 g/mol. The third-order valence-corrected chi connectivity index (χ3v) is 5.40. The van der Waals surface area contributed by atoms with E-state index in [-0.39, 0.29) is 4.90 Å². The average molecular weight is 332 g/mol. The van der Waals surface area contributed by atoms with Crippen molar-refractivity contribution in [1.29, 1.82) is 0 Å². The van der Waals surface area contributed by atoms with Crippen LogP contribution >= 0.6 is 0 Å². The van der Waals surface area contributed by atoms with Crippen molar-refractivity contribution in [3.8, 4) is 0 Å². The lowest BCUT2D eigenvalue weighted by Crippen LogP contribution is -2.13. The molecule has 0 spiro atoms. The largest absolute Gasteiger partial charge is 0.378 e. The van der Waals surface area contributed by atoms with Crippen LogP contribution in [0.4, 0.5) is 11.4 Å². The van der Waals surface area contributed by atoms with Crippen LogP contribution in [-0.2, 0) is 10.0 Å². The zero-order valence-electron chi connectivity index (χ0n) is 14.1. The lowest BCUT2D eigenvalue weighted by atomic mass is 9.99. The Kier molecular flexibility index (Phi) is 5.31. The average Bonchev–Trinajstić information content (AvgIpc) is 2.54. The molecular weight excluding hydrogens is 308 g/mol. The summed E-state index contributed by atoms with van der Waals surface area (Å²) in [4.78, 5) is 2.24. The predicted molar refractivity (Wildman–Crippen MR) is 96.7 cm³/mol. The van der Waals surface area contributed by atoms with Gasteiger partial charge in [-0.3, -0.25) is 4.72 Å². The Bertz CT molecular complexity index is 736. The van der Waals surface area contributed by atoms with Crippen molar-refractivity contribution < 1.29 is 8.42 Å². The maximum atomic E-state index is 12.4. The van der Waals surface area contributed by atoms with Gasteiger partial charge in [0.1, 0.15) is 0 Å². The number of hydrogen-bond donors (Lipinski definition) is 1. The lowest BCUT2D eigenvalue weighted by Gasteiger charge is -2.14. The highest BCUT2D eigenvalue weighted by Crippen LogP contribution is 2.23. The van der Waals surface area contributed by atoms with E-state index in [0.29, 0.717) is 11.6 Å². The molecule has 0 saturated heterocycles. The molecule has 2 aromatic carbocycles. The highest BCUT2D eigenvalue weighted by atomic mass is 32.2. The van der Waals surface area contributed by atoms with Gasteiger partial charge in [0.05, 0.1) is 4.90 Å². The van der Waals surface area contributed by atoms with Gasteiger partial charge < -0.3 is 4.90 Å². The van der Waals surface area contributed by atoms with E-state index in [1.165, 1.54) is 0 Å². The summed E-state index contributed by atoms with van der Waals surface area (Å²) in [6.07, 6.45) is 1.03. The molecule has 2 aromatic rings. The zero-order chi connectivity index (χ0) is 17.0. The van der Waals surface area contributed by atoms with Crippen LogP contribution in [0.2, 0.25) is 0 Å². The molecule has 5 heteroatoms. The van der Waals surface area contributed by atoms with Crippen molar-refractivity contribution in [2.75, 3.05) is 23.7 Å². The number of benzene rings is 2. The molecule has 23 heavy (non-hydrogen) atoms. The van der Waals surface area contributed by atoms with Gasteiger partial charge in [0.2, 0.25) is 0 Å². The molecule has 0 aliphatic heterocycles. The molecule has 1 unspecified atom stereocenters. The summed E-state index contributed by atoms with van der Waals surface area (Å²) in [5.41, 5.74) is 2.73. The first-order valence-electron chi connectivity index (χ1n) is 7.73. The quantitative estimate of drug-likeness (QED) is 0.867. The summed E-state index contributed by atoms with van der Waals surface area (Å²) in [5, 5.41) is 0. The second kappa shape index (κ2) is 7.04. The number of nitrogens with one attached hydrogen (secondary N) is 1. The molecule has 0 fully saturated rings. The van der Waals surface area contributed by atoms with Gasteiger partial charge >= 0.3 is 0 Å². The molecule has 1 N–H and O–H groups in total. The molecule has 0 heterocycles. The first-order chi connectivity index (χ1) is 10.8. The molecule has 4 nitrogen and oxygen atoms in total. The van der Waals surface area contributed by atoms with Crippen LogP contribution in [0, 0.1) is 0 Å². The molecule has 124 valence electrons. The van der Waals surface area contributed by atoms with E-state index in [0.717, 1.165) is 17.7 Å². The van der Waals surface area contributed by atoms with Crippen molar-refractivity contribution in [1.82, 2.24) is 0 Å². The molecule has 0 aromatic heterocycles. The van der Waals surface area contributed by atoms with E-state index >= 15 is 0 Å². The second-order valence-corrected chi connectivity index (χ2v) is 7.61. The van der Waals surface area contributed by atoms with Gasteiger partial charge in [-0.1, -0.05) is 26.0 Å². The second-order valence-electron chi connectivity index (χ2n) is 5.93. The normalized spacial score (nSPS) is 12.7. The van der Waals surface area contributed by atoms with Gasteiger partial charge in [-0.2, -0.15) is 0 Å². The molecule has 0 aliphatic rings. The fourth-order valence-corrected chi connectivity index (χ4v) is 3.31. The summed E-state index contributed by atoms with van der Waals surface area (Å²) in [7, 11) is 0.326. The highest BCUT2D eigenvalue weighted by molar-refractivity contribution is 7.92. The zero-order valence-corrected chi connectivity index (χ0v) is 14.9. The van der Waals surface area contributed by atoms with Crippen LogP contribution in [0.3, 0.4) is 0 Å². The summed E-state index contributed by atoms with van der Waals surface area (Å²) in [5.74, 6) is 0.429. The van der Waals surface area contributed by atoms with Crippen molar-refractivity contribution in [3.05, 3.63) is 54.1 Å². The Morgan fingerprint density at radius 2 is 1.57 bits per heavy atom. The van der Waals surface area contributed by atoms with Crippen molar-refractivity contribution in [2.24, 2.45) is 0 Å². The Morgan fingerprint density at radius 1 is 1.00 bits per heavy atom.